The van der Waals surface area contributed by atoms with Gasteiger partial charge in [0, 0.05) is 9.86 Å². The van der Waals surface area contributed by atoms with Gasteiger partial charge in [-0.25, -0.2) is 9.78 Å². The van der Waals surface area contributed by atoms with E-state index < -0.39 is 5.97 Å². The number of carbonyl (C=O) groups is 1. The normalized spacial score (nSPS) is 23.0. The predicted octanol–water partition coefficient (Wildman–Crippen LogP) is 4.87. The van der Waals surface area contributed by atoms with E-state index >= 15 is 0 Å². The van der Waals surface area contributed by atoms with Crippen LogP contribution in [0.1, 0.15) is 49.5 Å². The Labute approximate surface area is 150 Å². The van der Waals surface area contributed by atoms with E-state index in [0.29, 0.717) is 23.5 Å². The summed E-state index contributed by atoms with van der Waals surface area (Å²) >= 11 is 3.71. The van der Waals surface area contributed by atoms with Crippen molar-refractivity contribution in [2.75, 3.05) is 13.7 Å². The summed E-state index contributed by atoms with van der Waals surface area (Å²) in [6.07, 6.45) is 2.57. The molecule has 1 aromatic carbocycles. The van der Waals surface area contributed by atoms with Crippen LogP contribution in [0.5, 0.6) is 5.88 Å². The molecule has 0 saturated heterocycles. The Morgan fingerprint density at radius 2 is 2.04 bits per heavy atom. The van der Waals surface area contributed by atoms with Crippen molar-refractivity contribution in [3.8, 4) is 5.88 Å². The number of nitrogens with zero attached hydrogens (tertiary/aromatic N) is 1. The third-order valence-corrected chi connectivity index (χ3v) is 5.60. The molecule has 0 bridgehead atoms. The summed E-state index contributed by atoms with van der Waals surface area (Å²) in [4.78, 5) is 16.6. The SMILES string of the molecule is CC.CCOC(=O)c1cc2ccc(C34CC3C4)c(Br)c2nc1OC. The van der Waals surface area contributed by atoms with E-state index in [-0.39, 0.29) is 0 Å². The Bertz CT molecular complexity index is 797. The van der Waals surface area contributed by atoms with Crippen molar-refractivity contribution in [1.29, 1.82) is 0 Å². The van der Waals surface area contributed by atoms with Crippen molar-refractivity contribution >= 4 is 32.8 Å². The van der Waals surface area contributed by atoms with Gasteiger partial charge in [-0.15, -0.1) is 0 Å². The average Bonchev–Trinajstić information content (AvgIpc) is 3.46. The summed E-state index contributed by atoms with van der Waals surface area (Å²) < 4.78 is 11.4. The fraction of sp³-hybridized carbons (Fsp3) is 0.474. The zero-order valence-corrected chi connectivity index (χ0v) is 16.1. The summed E-state index contributed by atoms with van der Waals surface area (Å²) in [5.74, 6) is 0.767. The Morgan fingerprint density at radius 1 is 1.38 bits per heavy atom. The summed E-state index contributed by atoms with van der Waals surface area (Å²) in [7, 11) is 1.52. The minimum Gasteiger partial charge on any atom is -0.480 e. The Kier molecular flexibility index (Phi) is 4.56. The quantitative estimate of drug-likeness (QED) is 0.697. The van der Waals surface area contributed by atoms with Crippen LogP contribution in [0.15, 0.2) is 22.7 Å². The van der Waals surface area contributed by atoms with E-state index in [4.69, 9.17) is 9.47 Å². The maximum atomic E-state index is 12.0. The van der Waals surface area contributed by atoms with Crippen molar-refractivity contribution in [2.24, 2.45) is 5.92 Å². The van der Waals surface area contributed by atoms with Gasteiger partial charge in [-0.3, -0.25) is 0 Å². The second-order valence-electron chi connectivity index (χ2n) is 6.03. The summed E-state index contributed by atoms with van der Waals surface area (Å²) in [5.41, 5.74) is 2.95. The lowest BCUT2D eigenvalue weighted by atomic mass is 10.0. The van der Waals surface area contributed by atoms with E-state index in [1.54, 1.807) is 13.0 Å². The molecule has 4 rings (SSSR count). The molecule has 2 aliphatic carbocycles. The van der Waals surface area contributed by atoms with Crippen LogP contribution in [0.25, 0.3) is 10.9 Å². The molecule has 128 valence electrons. The Morgan fingerprint density at radius 3 is 2.58 bits per heavy atom. The number of carbonyl (C=O) groups excluding carboxylic acids is 1. The number of rotatable bonds is 4. The molecule has 1 aromatic heterocycles. The van der Waals surface area contributed by atoms with Crippen LogP contribution in [0.4, 0.5) is 0 Å². The highest BCUT2D eigenvalue weighted by molar-refractivity contribution is 9.10. The van der Waals surface area contributed by atoms with Crippen molar-refractivity contribution in [3.63, 3.8) is 0 Å². The molecule has 0 N–H and O–H groups in total. The number of ether oxygens (including phenoxy) is 2. The number of hydrogen-bond acceptors (Lipinski definition) is 4. The van der Waals surface area contributed by atoms with Gasteiger partial charge in [0.15, 0.2) is 0 Å². The molecule has 5 heteroatoms. The van der Waals surface area contributed by atoms with Gasteiger partial charge in [-0.1, -0.05) is 26.0 Å². The Hall–Kier alpha value is -1.62. The number of pyridine rings is 1. The lowest BCUT2D eigenvalue weighted by Crippen LogP contribution is -2.08. The smallest absolute Gasteiger partial charge is 0.343 e. The Balaban J connectivity index is 0.000000815. The number of fused-ring (bicyclic) bond motifs is 2. The molecule has 2 saturated carbocycles. The van der Waals surface area contributed by atoms with E-state index in [1.165, 1.54) is 25.5 Å². The summed E-state index contributed by atoms with van der Waals surface area (Å²) in [5, 5.41) is 0.911. The standard InChI is InChI=1S/C17H16BrNO3.C2H6/c1-3-22-16(20)11-6-9-4-5-12(17-7-10(17)8-17)13(18)14(9)19-15(11)21-2;1-2/h4-6,10H,3,7-8H2,1-2H3;1-2H3. The van der Waals surface area contributed by atoms with Gasteiger partial charge in [0.05, 0.1) is 19.2 Å². The van der Waals surface area contributed by atoms with Gasteiger partial charge in [0.1, 0.15) is 5.56 Å². The molecule has 0 unspecified atom stereocenters. The molecule has 2 aromatic rings. The first kappa shape index (κ1) is 17.2. The van der Waals surface area contributed by atoms with Gasteiger partial charge in [0.2, 0.25) is 5.88 Å². The van der Waals surface area contributed by atoms with Crippen molar-refractivity contribution < 1.29 is 14.3 Å². The zero-order chi connectivity index (χ0) is 17.5. The van der Waals surface area contributed by atoms with Gasteiger partial charge in [-0.2, -0.15) is 0 Å². The third-order valence-electron chi connectivity index (χ3n) is 4.80. The van der Waals surface area contributed by atoms with Gasteiger partial charge in [0.25, 0.3) is 0 Å². The van der Waals surface area contributed by atoms with Crippen LogP contribution in [-0.4, -0.2) is 24.7 Å². The number of halogens is 1. The molecule has 2 aliphatic rings. The molecule has 0 atom stereocenters. The van der Waals surface area contributed by atoms with E-state index in [2.05, 4.69) is 27.0 Å². The summed E-state index contributed by atoms with van der Waals surface area (Å²) in [6.45, 7) is 6.11. The molecule has 0 spiro atoms. The zero-order valence-electron chi connectivity index (χ0n) is 14.5. The molecule has 0 aliphatic heterocycles. The molecular formula is C19H22BrNO3. The molecule has 4 nitrogen and oxygen atoms in total. The number of esters is 1. The topological polar surface area (TPSA) is 48.4 Å². The molecular weight excluding hydrogens is 370 g/mol. The molecule has 0 radical (unpaired) electrons. The van der Waals surface area contributed by atoms with Crippen molar-refractivity contribution in [2.45, 2.75) is 39.0 Å². The minimum absolute atomic E-state index is 0.310. The lowest BCUT2D eigenvalue weighted by molar-refractivity contribution is 0.0522. The van der Waals surface area contributed by atoms with Crippen LogP contribution >= 0.6 is 15.9 Å². The second kappa shape index (κ2) is 6.36. The fourth-order valence-electron chi connectivity index (χ4n) is 3.23. The van der Waals surface area contributed by atoms with Crippen LogP contribution < -0.4 is 4.74 Å². The predicted molar refractivity (Wildman–Crippen MR) is 97.7 cm³/mol. The van der Waals surface area contributed by atoms with Crippen LogP contribution in [0, 0.1) is 5.92 Å². The molecule has 24 heavy (non-hydrogen) atoms. The monoisotopic (exact) mass is 391 g/mol. The van der Waals surface area contributed by atoms with Gasteiger partial charge in [-0.05, 0) is 58.7 Å². The van der Waals surface area contributed by atoms with Crippen LogP contribution in [-0.2, 0) is 10.2 Å². The maximum absolute atomic E-state index is 12.0. The molecule has 2 fully saturated rings. The highest BCUT2D eigenvalue weighted by Crippen LogP contribution is 2.76. The van der Waals surface area contributed by atoms with E-state index in [0.717, 1.165) is 21.3 Å². The first-order valence-corrected chi connectivity index (χ1v) is 9.25. The minimum atomic E-state index is -0.406. The highest BCUT2D eigenvalue weighted by atomic mass is 79.9. The van der Waals surface area contributed by atoms with Gasteiger partial charge >= 0.3 is 5.97 Å². The van der Waals surface area contributed by atoms with Crippen molar-refractivity contribution in [1.82, 2.24) is 4.98 Å². The second-order valence-corrected chi connectivity index (χ2v) is 6.82. The number of methoxy groups -OCH3 is 1. The maximum Gasteiger partial charge on any atom is 0.343 e. The van der Waals surface area contributed by atoms with Crippen molar-refractivity contribution in [3.05, 3.63) is 33.8 Å². The molecule has 1 heterocycles. The van der Waals surface area contributed by atoms with Gasteiger partial charge < -0.3 is 9.47 Å². The molecule has 0 amide bonds. The van der Waals surface area contributed by atoms with Crippen LogP contribution in [0.2, 0.25) is 0 Å². The van der Waals surface area contributed by atoms with E-state index in [1.807, 2.05) is 19.9 Å². The lowest BCUT2D eigenvalue weighted by Gasteiger charge is -2.13. The summed E-state index contributed by atoms with van der Waals surface area (Å²) in [6, 6.07) is 5.98. The first-order valence-electron chi connectivity index (χ1n) is 8.45. The highest BCUT2D eigenvalue weighted by Gasteiger charge is 2.70. The fourth-order valence-corrected chi connectivity index (χ4v) is 4.07. The average molecular weight is 392 g/mol. The number of aromatic nitrogens is 1. The van der Waals surface area contributed by atoms with Crippen LogP contribution in [0.3, 0.4) is 0 Å². The first-order chi connectivity index (χ1) is 11.6. The number of hydrogen-bond donors (Lipinski definition) is 0. The third kappa shape index (κ3) is 2.59. The largest absolute Gasteiger partial charge is 0.480 e. The van der Waals surface area contributed by atoms with E-state index in [9.17, 15) is 4.79 Å². The number of benzene rings is 1.